The largest absolute Gasteiger partial charge is 0.454 e. The van der Waals surface area contributed by atoms with Crippen molar-refractivity contribution in [1.82, 2.24) is 9.55 Å². The Kier molecular flexibility index (Phi) is 5.30. The summed E-state index contributed by atoms with van der Waals surface area (Å²) in [6, 6.07) is 7.21. The minimum absolute atomic E-state index is 0.102. The number of fused-ring (bicyclic) bond motifs is 1. The van der Waals surface area contributed by atoms with E-state index in [4.69, 9.17) is 4.74 Å². The van der Waals surface area contributed by atoms with E-state index in [1.54, 1.807) is 17.6 Å². The lowest BCUT2D eigenvalue weighted by Crippen LogP contribution is -2.23. The number of hydrogen-bond acceptors (Lipinski definition) is 5. The Morgan fingerprint density at radius 3 is 2.46 bits per heavy atom. The molecule has 0 atom stereocenters. The molecule has 0 aliphatic heterocycles. The molecule has 0 fully saturated rings. The second-order valence-electron chi connectivity index (χ2n) is 6.08. The summed E-state index contributed by atoms with van der Waals surface area (Å²) in [6.07, 6.45) is 0. The van der Waals surface area contributed by atoms with Gasteiger partial charge in [-0.3, -0.25) is 9.59 Å². The Hall–Kier alpha value is -3.42. The Morgan fingerprint density at radius 2 is 1.79 bits per heavy atom. The molecule has 0 aliphatic carbocycles. The van der Waals surface area contributed by atoms with Crippen LogP contribution in [0.5, 0.6) is 0 Å². The van der Waals surface area contributed by atoms with Crippen LogP contribution in [0.2, 0.25) is 0 Å². The van der Waals surface area contributed by atoms with Gasteiger partial charge in [-0.1, -0.05) is 0 Å². The summed E-state index contributed by atoms with van der Waals surface area (Å²) < 4.78 is 32.7. The topological polar surface area (TPSA) is 78.3 Å². The maximum atomic E-state index is 13.2. The molecule has 8 heteroatoms. The second-order valence-corrected chi connectivity index (χ2v) is 6.08. The highest BCUT2D eigenvalue weighted by molar-refractivity contribution is 6.00. The van der Waals surface area contributed by atoms with Crippen LogP contribution >= 0.6 is 0 Å². The zero-order chi connectivity index (χ0) is 20.4. The van der Waals surface area contributed by atoms with Gasteiger partial charge >= 0.3 is 5.97 Å². The van der Waals surface area contributed by atoms with Crippen LogP contribution in [0, 0.1) is 18.6 Å². The number of Topliss-reactive ketones (excluding diaryl/α,β-unsaturated/α-hetero) is 1. The number of nitrogens with zero attached hydrogens (tertiary/aromatic N) is 2. The molecule has 0 N–H and O–H groups in total. The van der Waals surface area contributed by atoms with Crippen molar-refractivity contribution in [2.45, 2.75) is 20.4 Å². The lowest BCUT2D eigenvalue weighted by atomic mass is 10.1. The monoisotopic (exact) mass is 386 g/mol. The lowest BCUT2D eigenvalue weighted by Gasteiger charge is -2.10. The van der Waals surface area contributed by atoms with Crippen LogP contribution in [-0.4, -0.2) is 27.9 Å². The van der Waals surface area contributed by atoms with E-state index in [0.717, 1.165) is 18.2 Å². The van der Waals surface area contributed by atoms with Crippen molar-refractivity contribution in [3.63, 3.8) is 0 Å². The smallest absolute Gasteiger partial charge is 0.338 e. The summed E-state index contributed by atoms with van der Waals surface area (Å²) >= 11 is 0. The van der Waals surface area contributed by atoms with E-state index in [2.05, 4.69) is 4.98 Å². The van der Waals surface area contributed by atoms with Gasteiger partial charge in [0.2, 0.25) is 0 Å². The fourth-order valence-electron chi connectivity index (χ4n) is 2.78. The highest BCUT2D eigenvalue weighted by Crippen LogP contribution is 2.15. The summed E-state index contributed by atoms with van der Waals surface area (Å²) in [5, 5.41) is 0. The first-order valence-electron chi connectivity index (χ1n) is 8.48. The van der Waals surface area contributed by atoms with Gasteiger partial charge in [-0.2, -0.15) is 0 Å². The molecule has 0 saturated heterocycles. The van der Waals surface area contributed by atoms with Crippen LogP contribution in [0.3, 0.4) is 0 Å². The first kappa shape index (κ1) is 19.3. The second kappa shape index (κ2) is 7.67. The summed E-state index contributed by atoms with van der Waals surface area (Å²) in [7, 11) is 0. The van der Waals surface area contributed by atoms with Crippen molar-refractivity contribution in [3.05, 3.63) is 75.2 Å². The van der Waals surface area contributed by atoms with Crippen molar-refractivity contribution >= 4 is 22.8 Å². The molecule has 0 radical (unpaired) electrons. The van der Waals surface area contributed by atoms with Crippen molar-refractivity contribution in [1.29, 1.82) is 0 Å². The molecule has 1 aromatic heterocycles. The first-order valence-corrected chi connectivity index (χ1v) is 8.48. The number of ether oxygens (including phenoxy) is 1. The zero-order valence-electron chi connectivity index (χ0n) is 15.2. The number of halogens is 2. The Balaban J connectivity index is 1.79. The molecular weight excluding hydrogens is 370 g/mol. The zero-order valence-corrected chi connectivity index (χ0v) is 15.2. The molecule has 1 heterocycles. The molecule has 0 spiro atoms. The number of rotatable bonds is 5. The van der Waals surface area contributed by atoms with Crippen LogP contribution in [0.15, 0.2) is 41.2 Å². The van der Waals surface area contributed by atoms with Crippen molar-refractivity contribution in [3.8, 4) is 0 Å². The molecule has 144 valence electrons. The SMILES string of the molecule is CCn1c(=O)c(C)nc2cc(C(=O)OCC(=O)c3ccc(F)c(F)c3)ccc21. The third-order valence-electron chi connectivity index (χ3n) is 4.24. The number of benzene rings is 2. The molecule has 3 aromatic rings. The number of carbonyl (C=O) groups is 2. The predicted molar refractivity (Wildman–Crippen MR) is 97.4 cm³/mol. The minimum atomic E-state index is -1.16. The van der Waals surface area contributed by atoms with Gasteiger partial charge in [0.1, 0.15) is 5.69 Å². The average Bonchev–Trinajstić information content (AvgIpc) is 2.68. The summed E-state index contributed by atoms with van der Waals surface area (Å²) in [5.74, 6) is -3.67. The fourth-order valence-corrected chi connectivity index (χ4v) is 2.78. The third-order valence-corrected chi connectivity index (χ3v) is 4.24. The van der Waals surface area contributed by atoms with Crippen molar-refractivity contribution in [2.24, 2.45) is 0 Å². The van der Waals surface area contributed by atoms with Gasteiger partial charge < -0.3 is 9.30 Å². The van der Waals surface area contributed by atoms with Gasteiger partial charge in [0.15, 0.2) is 24.0 Å². The van der Waals surface area contributed by atoms with E-state index in [0.29, 0.717) is 23.3 Å². The van der Waals surface area contributed by atoms with E-state index < -0.39 is 30.0 Å². The van der Waals surface area contributed by atoms with Gasteiger partial charge in [-0.15, -0.1) is 0 Å². The normalized spacial score (nSPS) is 10.9. The van der Waals surface area contributed by atoms with Crippen LogP contribution in [0.1, 0.15) is 33.3 Å². The minimum Gasteiger partial charge on any atom is -0.454 e. The molecule has 3 rings (SSSR count). The third kappa shape index (κ3) is 3.66. The van der Waals surface area contributed by atoms with Crippen molar-refractivity contribution < 1.29 is 23.1 Å². The van der Waals surface area contributed by atoms with Crippen LogP contribution in [0.25, 0.3) is 11.0 Å². The van der Waals surface area contributed by atoms with E-state index in [1.807, 2.05) is 6.92 Å². The van der Waals surface area contributed by atoms with E-state index >= 15 is 0 Å². The van der Waals surface area contributed by atoms with Crippen LogP contribution in [-0.2, 0) is 11.3 Å². The summed E-state index contributed by atoms with van der Waals surface area (Å²) in [6.45, 7) is 3.24. The highest BCUT2D eigenvalue weighted by Gasteiger charge is 2.15. The number of aromatic nitrogens is 2. The molecule has 0 saturated carbocycles. The molecule has 2 aromatic carbocycles. The van der Waals surface area contributed by atoms with Gasteiger partial charge in [0.05, 0.1) is 16.6 Å². The van der Waals surface area contributed by atoms with Crippen molar-refractivity contribution in [2.75, 3.05) is 6.61 Å². The van der Waals surface area contributed by atoms with Crippen LogP contribution in [0.4, 0.5) is 8.78 Å². The van der Waals surface area contributed by atoms with Crippen LogP contribution < -0.4 is 5.56 Å². The predicted octanol–water partition coefficient (Wildman–Crippen LogP) is 3.04. The average molecular weight is 386 g/mol. The molecular formula is C20H16F2N2O4. The Labute approximate surface area is 158 Å². The van der Waals surface area contributed by atoms with Gasteiger partial charge in [-0.25, -0.2) is 18.6 Å². The van der Waals surface area contributed by atoms with E-state index in [-0.39, 0.29) is 16.7 Å². The first-order chi connectivity index (χ1) is 13.3. The summed E-state index contributed by atoms with van der Waals surface area (Å²) in [4.78, 5) is 40.6. The number of carbonyl (C=O) groups excluding carboxylic acids is 2. The standard InChI is InChI=1S/C20H16F2N2O4/c1-3-24-17-7-5-13(9-16(17)23-11(2)19(24)26)20(27)28-10-18(25)12-4-6-14(21)15(22)8-12/h4-9H,3,10H2,1-2H3. The quantitative estimate of drug-likeness (QED) is 0.498. The molecule has 0 aliphatic rings. The number of ketones is 1. The molecule has 0 unspecified atom stereocenters. The molecule has 0 amide bonds. The molecule has 0 bridgehead atoms. The Morgan fingerprint density at radius 1 is 1.07 bits per heavy atom. The maximum Gasteiger partial charge on any atom is 0.338 e. The molecule has 28 heavy (non-hydrogen) atoms. The van der Waals surface area contributed by atoms with E-state index in [9.17, 15) is 23.2 Å². The Bertz CT molecular complexity index is 1150. The van der Waals surface area contributed by atoms with Gasteiger partial charge in [0.25, 0.3) is 5.56 Å². The lowest BCUT2D eigenvalue weighted by molar-refractivity contribution is 0.0475. The summed E-state index contributed by atoms with van der Waals surface area (Å²) in [5.41, 5.74) is 1.16. The fraction of sp³-hybridized carbons (Fsp3) is 0.200. The highest BCUT2D eigenvalue weighted by atomic mass is 19.2. The van der Waals surface area contributed by atoms with Gasteiger partial charge in [0, 0.05) is 12.1 Å². The number of aryl methyl sites for hydroxylation is 2. The number of hydrogen-bond donors (Lipinski definition) is 0. The van der Waals surface area contributed by atoms with Gasteiger partial charge in [-0.05, 0) is 50.2 Å². The van der Waals surface area contributed by atoms with E-state index in [1.165, 1.54) is 12.1 Å². The number of esters is 1. The molecule has 6 nitrogen and oxygen atoms in total. The maximum absolute atomic E-state index is 13.2.